The van der Waals surface area contributed by atoms with Gasteiger partial charge in [-0.25, -0.2) is 0 Å². The summed E-state index contributed by atoms with van der Waals surface area (Å²) in [5.41, 5.74) is 11.1. The SMILES string of the molecule is Nc1ccc2c(c1)[C@@]13CCN4CC5=CCO[C@H]6CC(=O)N2[C@H]1C6[C@H]5C[C@H]43. The van der Waals surface area contributed by atoms with Crippen molar-refractivity contribution in [3.63, 3.8) is 0 Å². The number of hydrogen-bond acceptors (Lipinski definition) is 4. The van der Waals surface area contributed by atoms with Gasteiger partial charge in [-0.05, 0) is 49.1 Å². The molecule has 5 heterocycles. The van der Waals surface area contributed by atoms with E-state index in [9.17, 15) is 4.79 Å². The van der Waals surface area contributed by atoms with Crippen molar-refractivity contribution in [2.45, 2.75) is 42.9 Å². The van der Waals surface area contributed by atoms with Gasteiger partial charge in [-0.15, -0.1) is 0 Å². The number of hydrogen-bond donors (Lipinski definition) is 1. The second kappa shape index (κ2) is 4.34. The minimum absolute atomic E-state index is 0.0411. The van der Waals surface area contributed by atoms with E-state index in [2.05, 4.69) is 28.0 Å². The second-order valence-corrected chi connectivity index (χ2v) is 9.04. The maximum Gasteiger partial charge on any atom is 0.229 e. The number of rotatable bonds is 0. The summed E-state index contributed by atoms with van der Waals surface area (Å²) in [6, 6.07) is 6.99. The van der Waals surface area contributed by atoms with Gasteiger partial charge in [-0.3, -0.25) is 9.69 Å². The third-order valence-electron chi connectivity index (χ3n) is 8.33. The average Bonchev–Trinajstić information content (AvgIpc) is 3.09. The lowest BCUT2D eigenvalue weighted by Crippen LogP contribution is -2.69. The normalized spacial score (nSPS) is 44.6. The van der Waals surface area contributed by atoms with Crippen LogP contribution in [0.2, 0.25) is 0 Å². The lowest BCUT2D eigenvalue weighted by Gasteiger charge is -2.58. The number of piperidine rings is 2. The van der Waals surface area contributed by atoms with Crippen LogP contribution in [0.1, 0.15) is 24.8 Å². The lowest BCUT2D eigenvalue weighted by atomic mass is 9.53. The molecule has 2 N–H and O–H groups in total. The molecule has 1 spiro atoms. The maximum atomic E-state index is 13.2. The van der Waals surface area contributed by atoms with Crippen LogP contribution in [0.25, 0.3) is 0 Å². The summed E-state index contributed by atoms with van der Waals surface area (Å²) >= 11 is 0. The van der Waals surface area contributed by atoms with Crippen molar-refractivity contribution in [1.82, 2.24) is 4.90 Å². The van der Waals surface area contributed by atoms with E-state index in [1.807, 2.05) is 6.07 Å². The van der Waals surface area contributed by atoms with E-state index >= 15 is 0 Å². The highest BCUT2D eigenvalue weighted by molar-refractivity contribution is 5.99. The molecule has 1 saturated carbocycles. The molecular formula is C21H23N3O2. The van der Waals surface area contributed by atoms with Gasteiger partial charge in [0, 0.05) is 35.3 Å². The van der Waals surface area contributed by atoms with Crippen molar-refractivity contribution in [1.29, 1.82) is 0 Å². The van der Waals surface area contributed by atoms with E-state index in [4.69, 9.17) is 10.5 Å². The monoisotopic (exact) mass is 349 g/mol. The van der Waals surface area contributed by atoms with E-state index in [1.165, 1.54) is 12.0 Å². The van der Waals surface area contributed by atoms with Crippen LogP contribution in [0.3, 0.4) is 0 Å². The summed E-state index contributed by atoms with van der Waals surface area (Å²) in [5.74, 6) is 1.23. The smallest absolute Gasteiger partial charge is 0.229 e. The molecule has 0 radical (unpaired) electrons. The first-order valence-corrected chi connectivity index (χ1v) is 9.95. The molecule has 5 aliphatic heterocycles. The van der Waals surface area contributed by atoms with Crippen LogP contribution in [0.5, 0.6) is 0 Å². The number of amides is 1. The molecule has 0 aromatic heterocycles. The van der Waals surface area contributed by atoms with E-state index in [0.717, 1.165) is 30.9 Å². The number of anilines is 2. The van der Waals surface area contributed by atoms with Gasteiger partial charge in [0.2, 0.25) is 5.91 Å². The number of benzene rings is 1. The van der Waals surface area contributed by atoms with Crippen molar-refractivity contribution in [3.05, 3.63) is 35.4 Å². The largest absolute Gasteiger partial charge is 0.399 e. The molecule has 1 aromatic carbocycles. The molecule has 5 nitrogen and oxygen atoms in total. The molecular weight excluding hydrogens is 326 g/mol. The van der Waals surface area contributed by atoms with Gasteiger partial charge in [0.05, 0.1) is 25.2 Å². The molecule has 1 aliphatic carbocycles. The van der Waals surface area contributed by atoms with Gasteiger partial charge < -0.3 is 15.4 Å². The molecule has 4 fully saturated rings. The summed E-state index contributed by atoms with van der Waals surface area (Å²) in [4.78, 5) is 18.1. The zero-order valence-electron chi connectivity index (χ0n) is 14.7. The third kappa shape index (κ3) is 1.37. The van der Waals surface area contributed by atoms with Gasteiger partial charge in [-0.2, -0.15) is 0 Å². The first-order valence-electron chi connectivity index (χ1n) is 9.95. The fraction of sp³-hybridized carbons (Fsp3) is 0.571. The van der Waals surface area contributed by atoms with Crippen LogP contribution < -0.4 is 10.6 Å². The van der Waals surface area contributed by atoms with Gasteiger partial charge in [0.15, 0.2) is 0 Å². The highest BCUT2D eigenvalue weighted by atomic mass is 16.5. The van der Waals surface area contributed by atoms with Crippen LogP contribution in [0, 0.1) is 11.8 Å². The van der Waals surface area contributed by atoms with Crippen molar-refractivity contribution in [2.24, 2.45) is 11.8 Å². The molecule has 134 valence electrons. The molecule has 6 aliphatic rings. The van der Waals surface area contributed by atoms with E-state index in [-0.39, 0.29) is 23.5 Å². The summed E-state index contributed by atoms with van der Waals surface area (Å²) in [7, 11) is 0. The summed E-state index contributed by atoms with van der Waals surface area (Å²) < 4.78 is 6.25. The van der Waals surface area contributed by atoms with Crippen molar-refractivity contribution in [3.8, 4) is 0 Å². The van der Waals surface area contributed by atoms with Crippen LogP contribution in [0.15, 0.2) is 29.8 Å². The molecule has 1 unspecified atom stereocenters. The molecule has 3 saturated heterocycles. The number of nitrogen functional groups attached to an aromatic ring is 1. The first kappa shape index (κ1) is 14.2. The predicted molar refractivity (Wildman–Crippen MR) is 97.8 cm³/mol. The van der Waals surface area contributed by atoms with Crippen molar-refractivity contribution in [2.75, 3.05) is 30.3 Å². The quantitative estimate of drug-likeness (QED) is 0.572. The van der Waals surface area contributed by atoms with E-state index < -0.39 is 0 Å². The Bertz CT molecular complexity index is 895. The molecule has 1 amide bonds. The van der Waals surface area contributed by atoms with Gasteiger partial charge >= 0.3 is 0 Å². The Balaban J connectivity index is 1.55. The first-order chi connectivity index (χ1) is 12.7. The number of carbonyl (C=O) groups excluding carboxylic acids is 1. The number of carbonyl (C=O) groups is 1. The Kier molecular flexibility index (Phi) is 2.38. The second-order valence-electron chi connectivity index (χ2n) is 9.04. The fourth-order valence-electron chi connectivity index (χ4n) is 7.57. The highest BCUT2D eigenvalue weighted by Crippen LogP contribution is 2.65. The Morgan fingerprint density at radius 2 is 2.23 bits per heavy atom. The third-order valence-corrected chi connectivity index (χ3v) is 8.33. The summed E-state index contributed by atoms with van der Waals surface area (Å²) in [5, 5.41) is 0. The van der Waals surface area contributed by atoms with Crippen LogP contribution in [0.4, 0.5) is 11.4 Å². The number of nitrogens with two attached hydrogens (primary N) is 1. The summed E-state index contributed by atoms with van der Waals surface area (Å²) in [6.07, 6.45) is 5.25. The molecule has 2 bridgehead atoms. The predicted octanol–water partition coefficient (Wildman–Crippen LogP) is 1.67. The van der Waals surface area contributed by atoms with Gasteiger partial charge in [0.1, 0.15) is 0 Å². The topological polar surface area (TPSA) is 58.8 Å². The standard InChI is InChI=1S/C21H23N3O2/c22-12-1-2-15-14(7-12)21-4-5-23-10-11-3-6-26-16-9-18(25)24(15)20(21)19(16)13(11)8-17(21)23/h1-3,7,13,16-17,19-20H,4-6,8-10,22H2/t13-,16-,17-,19?,20-,21+/m0/s1. The number of nitrogens with zero attached hydrogens (tertiary/aromatic N) is 2. The fourth-order valence-corrected chi connectivity index (χ4v) is 7.57. The van der Waals surface area contributed by atoms with E-state index in [1.54, 1.807) is 5.57 Å². The Morgan fingerprint density at radius 1 is 1.31 bits per heavy atom. The van der Waals surface area contributed by atoms with Crippen LogP contribution >= 0.6 is 0 Å². The Morgan fingerprint density at radius 3 is 3.15 bits per heavy atom. The highest BCUT2D eigenvalue weighted by Gasteiger charge is 2.70. The molecule has 6 atom stereocenters. The van der Waals surface area contributed by atoms with Crippen LogP contribution in [-0.2, 0) is 14.9 Å². The minimum atomic E-state index is 0.0411. The molecule has 5 heteroatoms. The number of ether oxygens (including phenoxy) is 1. The molecule has 7 rings (SSSR count). The zero-order valence-corrected chi connectivity index (χ0v) is 14.7. The van der Waals surface area contributed by atoms with Gasteiger partial charge in [-0.1, -0.05) is 11.6 Å². The van der Waals surface area contributed by atoms with Crippen molar-refractivity contribution < 1.29 is 9.53 Å². The molecule has 26 heavy (non-hydrogen) atoms. The van der Waals surface area contributed by atoms with E-state index in [0.29, 0.717) is 30.9 Å². The minimum Gasteiger partial charge on any atom is -0.399 e. The number of fused-ring (bicyclic) bond motifs is 2. The lowest BCUT2D eigenvalue weighted by molar-refractivity contribution is -0.132. The van der Waals surface area contributed by atoms with Crippen molar-refractivity contribution >= 4 is 17.3 Å². The maximum absolute atomic E-state index is 13.2. The zero-order chi connectivity index (χ0) is 17.2. The summed E-state index contributed by atoms with van der Waals surface area (Å²) in [6.45, 7) is 2.88. The molecule has 1 aromatic rings. The Labute approximate surface area is 152 Å². The average molecular weight is 349 g/mol. The van der Waals surface area contributed by atoms with Gasteiger partial charge in [0.25, 0.3) is 0 Å². The Hall–Kier alpha value is -1.85. The van der Waals surface area contributed by atoms with Crippen LogP contribution in [-0.4, -0.2) is 48.7 Å².